The Labute approximate surface area is 274 Å². The molecule has 0 bridgehead atoms. The van der Waals surface area contributed by atoms with E-state index in [1.54, 1.807) is 0 Å². The molecule has 0 aromatic rings. The van der Waals surface area contributed by atoms with Crippen LogP contribution in [0.3, 0.4) is 0 Å². The molecule has 0 atom stereocenters. The second-order valence-corrected chi connectivity index (χ2v) is 12.6. The van der Waals surface area contributed by atoms with Gasteiger partial charge in [0.15, 0.2) is 0 Å². The summed E-state index contributed by atoms with van der Waals surface area (Å²) < 4.78 is 0. The van der Waals surface area contributed by atoms with Gasteiger partial charge in [-0.25, -0.2) is 0 Å². The summed E-state index contributed by atoms with van der Waals surface area (Å²) in [4.78, 5) is 19.4. The smallest absolute Gasteiger partial charge is 0.220 e. The Bertz CT molecular complexity index is 794. The largest absolute Gasteiger partial charge is 0.357 e. The number of hydrogen-bond donors (Lipinski definition) is 1. The first-order valence-corrected chi connectivity index (χ1v) is 18.9. The van der Waals surface area contributed by atoms with Gasteiger partial charge in [0.2, 0.25) is 5.91 Å². The van der Waals surface area contributed by atoms with Crippen molar-refractivity contribution in [2.75, 3.05) is 26.2 Å². The zero-order chi connectivity index (χ0) is 31.6. The van der Waals surface area contributed by atoms with Gasteiger partial charge in [0.25, 0.3) is 0 Å². The third-order valence-electron chi connectivity index (χ3n) is 8.44. The van der Waals surface area contributed by atoms with Gasteiger partial charge in [-0.2, -0.15) is 0 Å². The van der Waals surface area contributed by atoms with E-state index in [1.807, 2.05) is 0 Å². The van der Waals surface area contributed by atoms with Crippen LogP contribution in [0.15, 0.2) is 53.6 Å². The molecule has 0 aromatic carbocycles. The van der Waals surface area contributed by atoms with Gasteiger partial charge in [0.1, 0.15) is 0 Å². The lowest BCUT2D eigenvalue weighted by molar-refractivity contribution is -0.121. The lowest BCUT2D eigenvalue weighted by atomic mass is 10.1. The van der Waals surface area contributed by atoms with Crippen molar-refractivity contribution in [2.24, 2.45) is 4.99 Å². The number of aliphatic imine (C=N–C) groups is 1. The minimum Gasteiger partial charge on any atom is -0.357 e. The van der Waals surface area contributed by atoms with E-state index in [9.17, 15) is 4.79 Å². The van der Waals surface area contributed by atoms with E-state index in [-0.39, 0.29) is 5.91 Å². The molecule has 1 heterocycles. The summed E-state index contributed by atoms with van der Waals surface area (Å²) in [6.45, 7) is 8.07. The number of carbonyl (C=O) groups excluding carboxylic acids is 1. The summed E-state index contributed by atoms with van der Waals surface area (Å²) in [5, 5.41) is 3.14. The number of nitrogens with zero attached hydrogens (tertiary/aromatic N) is 2. The Morgan fingerprint density at radius 1 is 0.636 bits per heavy atom. The maximum Gasteiger partial charge on any atom is 0.220 e. The highest BCUT2D eigenvalue weighted by atomic mass is 16.1. The van der Waals surface area contributed by atoms with E-state index in [0.29, 0.717) is 6.42 Å². The molecule has 0 saturated carbocycles. The van der Waals surface area contributed by atoms with Crippen LogP contribution in [0.5, 0.6) is 0 Å². The van der Waals surface area contributed by atoms with Crippen molar-refractivity contribution >= 4 is 11.7 Å². The number of nitrogens with one attached hydrogen (secondary N) is 1. The molecule has 252 valence electrons. The summed E-state index contributed by atoms with van der Waals surface area (Å²) in [5.41, 5.74) is 0. The summed E-state index contributed by atoms with van der Waals surface area (Å²) in [5.74, 6) is 1.47. The second-order valence-electron chi connectivity index (χ2n) is 12.6. The highest BCUT2D eigenvalue weighted by molar-refractivity contribution is 5.83. The van der Waals surface area contributed by atoms with Crippen LogP contribution in [-0.4, -0.2) is 42.8 Å². The minimum absolute atomic E-state index is 0.210. The first-order chi connectivity index (χ1) is 21.8. The normalized spacial score (nSPS) is 13.9. The quantitative estimate of drug-likeness (QED) is 0.0627. The van der Waals surface area contributed by atoms with E-state index >= 15 is 0 Å². The van der Waals surface area contributed by atoms with Crippen molar-refractivity contribution in [1.82, 2.24) is 10.2 Å². The van der Waals surface area contributed by atoms with Crippen LogP contribution in [0.2, 0.25) is 0 Å². The molecule has 4 heteroatoms. The molecule has 0 unspecified atom stereocenters. The molecule has 0 radical (unpaired) electrons. The monoisotopic (exact) mass is 610 g/mol. The van der Waals surface area contributed by atoms with Crippen LogP contribution < -0.4 is 5.32 Å². The average molecular weight is 610 g/mol. The summed E-state index contributed by atoms with van der Waals surface area (Å²) in [6, 6.07) is 0. The first-order valence-electron chi connectivity index (χ1n) is 18.9. The molecular weight excluding hydrogens is 538 g/mol. The van der Waals surface area contributed by atoms with Gasteiger partial charge in [-0.3, -0.25) is 9.79 Å². The SMILES string of the molecule is CCCCCC=CCC=CCCCCCCCC1=NCCN1CCNC(=O)CCCCCCC/C=C\C/C=C\CCCCC. The molecule has 0 saturated heterocycles. The molecule has 1 amide bonds. The van der Waals surface area contributed by atoms with Crippen molar-refractivity contribution in [2.45, 2.75) is 168 Å². The fourth-order valence-corrected chi connectivity index (χ4v) is 5.62. The first kappa shape index (κ1) is 39.9. The fraction of sp³-hybridized carbons (Fsp3) is 0.750. The van der Waals surface area contributed by atoms with Crippen molar-refractivity contribution in [3.63, 3.8) is 0 Å². The van der Waals surface area contributed by atoms with Crippen molar-refractivity contribution < 1.29 is 4.79 Å². The van der Waals surface area contributed by atoms with Gasteiger partial charge in [-0.1, -0.05) is 127 Å². The Hall–Kier alpha value is -2.10. The third kappa shape index (κ3) is 26.3. The predicted molar refractivity (Wildman–Crippen MR) is 196 cm³/mol. The zero-order valence-electron chi connectivity index (χ0n) is 29.2. The van der Waals surface area contributed by atoms with Crippen LogP contribution >= 0.6 is 0 Å². The fourth-order valence-electron chi connectivity index (χ4n) is 5.62. The number of rotatable bonds is 31. The summed E-state index contributed by atoms with van der Waals surface area (Å²) >= 11 is 0. The van der Waals surface area contributed by atoms with Crippen LogP contribution in [-0.2, 0) is 4.79 Å². The number of hydrogen-bond acceptors (Lipinski definition) is 3. The van der Waals surface area contributed by atoms with E-state index in [4.69, 9.17) is 4.99 Å². The van der Waals surface area contributed by atoms with Gasteiger partial charge < -0.3 is 10.2 Å². The Kier molecular flexibility index (Phi) is 29.3. The molecule has 1 aliphatic heterocycles. The van der Waals surface area contributed by atoms with E-state index < -0.39 is 0 Å². The molecule has 0 fully saturated rings. The lowest BCUT2D eigenvalue weighted by Crippen LogP contribution is -2.36. The Balaban J connectivity index is 1.91. The molecule has 0 aromatic heterocycles. The number of unbranched alkanes of at least 4 members (excludes halogenated alkanes) is 16. The molecule has 0 spiro atoms. The zero-order valence-corrected chi connectivity index (χ0v) is 29.2. The van der Waals surface area contributed by atoms with Crippen LogP contribution in [0.4, 0.5) is 0 Å². The Morgan fingerprint density at radius 2 is 1.11 bits per heavy atom. The third-order valence-corrected chi connectivity index (χ3v) is 8.44. The highest BCUT2D eigenvalue weighted by Gasteiger charge is 2.16. The van der Waals surface area contributed by atoms with Gasteiger partial charge in [0.05, 0.1) is 12.4 Å². The second kappa shape index (κ2) is 32.3. The van der Waals surface area contributed by atoms with Crippen molar-refractivity contribution in [3.05, 3.63) is 48.6 Å². The van der Waals surface area contributed by atoms with Gasteiger partial charge in [0, 0.05) is 32.5 Å². The molecule has 1 N–H and O–H groups in total. The summed E-state index contributed by atoms with van der Waals surface area (Å²) in [6.07, 6.45) is 47.7. The average Bonchev–Trinajstić information content (AvgIpc) is 3.48. The maximum absolute atomic E-state index is 12.3. The van der Waals surface area contributed by atoms with E-state index in [2.05, 4.69) is 72.7 Å². The topological polar surface area (TPSA) is 44.7 Å². The standard InChI is InChI=1S/C40H71N3O/c1-3-5-7-9-11-13-15-17-19-21-23-25-27-29-31-33-39-41-35-37-43(39)38-36-42-40(44)34-32-30-28-26-24-22-20-18-16-14-12-10-8-6-4-2/h11-14,17-20H,3-10,15-16,21-38H2,1-2H3,(H,42,44)/b13-11?,14-12-,19-17?,20-18-. The summed E-state index contributed by atoms with van der Waals surface area (Å²) in [7, 11) is 0. The molecule has 1 rings (SSSR count). The van der Waals surface area contributed by atoms with E-state index in [1.165, 1.54) is 121 Å². The van der Waals surface area contributed by atoms with Crippen LogP contribution in [0, 0.1) is 0 Å². The lowest BCUT2D eigenvalue weighted by Gasteiger charge is -2.20. The van der Waals surface area contributed by atoms with Crippen molar-refractivity contribution in [3.8, 4) is 0 Å². The molecule has 1 aliphatic rings. The number of amides is 1. The van der Waals surface area contributed by atoms with Gasteiger partial charge in [-0.15, -0.1) is 0 Å². The number of carbonyl (C=O) groups is 1. The predicted octanol–water partition coefficient (Wildman–Crippen LogP) is 11.4. The van der Waals surface area contributed by atoms with Gasteiger partial charge in [-0.05, 0) is 77.0 Å². The molecular formula is C40H71N3O. The minimum atomic E-state index is 0.210. The highest BCUT2D eigenvalue weighted by Crippen LogP contribution is 2.13. The molecule has 4 nitrogen and oxygen atoms in total. The molecule has 44 heavy (non-hydrogen) atoms. The van der Waals surface area contributed by atoms with Crippen molar-refractivity contribution in [1.29, 1.82) is 0 Å². The number of allylic oxidation sites excluding steroid dienone is 8. The van der Waals surface area contributed by atoms with Gasteiger partial charge >= 0.3 is 0 Å². The van der Waals surface area contributed by atoms with Crippen LogP contribution in [0.1, 0.15) is 168 Å². The van der Waals surface area contributed by atoms with Crippen LogP contribution in [0.25, 0.3) is 0 Å². The molecule has 0 aliphatic carbocycles. The van der Waals surface area contributed by atoms with E-state index in [0.717, 1.165) is 58.3 Å². The maximum atomic E-state index is 12.3. The number of amidine groups is 1. The Morgan fingerprint density at radius 3 is 1.66 bits per heavy atom.